The van der Waals surface area contributed by atoms with E-state index < -0.39 is 0 Å². The number of hydrogen-bond acceptors (Lipinski definition) is 2. The van der Waals surface area contributed by atoms with Gasteiger partial charge >= 0.3 is 0 Å². The van der Waals surface area contributed by atoms with E-state index in [1.165, 1.54) is 43.4 Å². The fourth-order valence-corrected chi connectivity index (χ4v) is 2.54. The van der Waals surface area contributed by atoms with E-state index in [-0.39, 0.29) is 0 Å². The first-order valence-corrected chi connectivity index (χ1v) is 6.92. The third-order valence-electron chi connectivity index (χ3n) is 3.49. The number of aromatic nitrogens is 2. The molecule has 0 bridgehead atoms. The molecule has 0 atom stereocenters. The Morgan fingerprint density at radius 1 is 1.20 bits per heavy atom. The lowest BCUT2D eigenvalue weighted by molar-refractivity contribution is 0.400. The molecule has 1 aromatic heterocycles. The van der Waals surface area contributed by atoms with E-state index in [1.807, 2.05) is 6.20 Å². The minimum atomic E-state index is 0.659. The number of hydrogen-bond donors (Lipinski definition) is 0. The zero-order chi connectivity index (χ0) is 10.3. The lowest BCUT2D eigenvalue weighted by Crippen LogP contribution is -2.14. The van der Waals surface area contributed by atoms with E-state index in [4.69, 9.17) is 4.98 Å². The van der Waals surface area contributed by atoms with Gasteiger partial charge in [0.2, 0.25) is 0 Å². The molecule has 0 N–H and O–H groups in total. The Balaban J connectivity index is 1.93. The van der Waals surface area contributed by atoms with E-state index in [1.54, 1.807) is 0 Å². The van der Waals surface area contributed by atoms with Gasteiger partial charge in [-0.3, -0.25) is 0 Å². The summed E-state index contributed by atoms with van der Waals surface area (Å²) in [7, 11) is 0. The topological polar surface area (TPSA) is 25.8 Å². The zero-order valence-corrected chi connectivity index (χ0v) is 10.3. The lowest BCUT2D eigenvalue weighted by atomic mass is 9.85. The predicted octanol–water partition coefficient (Wildman–Crippen LogP) is 3.52. The van der Waals surface area contributed by atoms with Crippen molar-refractivity contribution in [2.24, 2.45) is 0 Å². The van der Waals surface area contributed by atoms with Gasteiger partial charge in [-0.15, -0.1) is 0 Å². The highest BCUT2D eigenvalue weighted by Gasteiger charge is 2.30. The van der Waals surface area contributed by atoms with Crippen LogP contribution in [0, 0.1) is 0 Å². The summed E-state index contributed by atoms with van der Waals surface area (Å²) < 4.78 is 0. The summed E-state index contributed by atoms with van der Waals surface area (Å²) >= 11 is 3.52. The molecule has 1 heterocycles. The van der Waals surface area contributed by atoms with Crippen LogP contribution in [-0.2, 0) is 5.33 Å². The normalized spacial score (nSPS) is 21.4. The molecule has 3 heteroatoms. The Kier molecular flexibility index (Phi) is 2.51. The highest BCUT2D eigenvalue weighted by atomic mass is 79.9. The summed E-state index contributed by atoms with van der Waals surface area (Å²) in [5, 5.41) is 0.893. The van der Waals surface area contributed by atoms with Crippen LogP contribution in [-0.4, -0.2) is 9.97 Å². The summed E-state index contributed by atoms with van der Waals surface area (Å²) in [6.45, 7) is 0. The molecule has 0 spiro atoms. The average molecular weight is 267 g/mol. The molecule has 3 rings (SSSR count). The van der Waals surface area contributed by atoms with Crippen molar-refractivity contribution in [3.63, 3.8) is 0 Å². The first-order chi connectivity index (χ1) is 7.38. The molecule has 1 aromatic rings. The standard InChI is InChI=1S/C12H15BrN2/c13-6-10-7-14-12(9-2-1-3-9)15-11(10)8-4-5-8/h7-9H,1-6H2. The molecule has 80 valence electrons. The zero-order valence-electron chi connectivity index (χ0n) is 8.75. The lowest BCUT2D eigenvalue weighted by Gasteiger charge is -2.24. The van der Waals surface area contributed by atoms with E-state index >= 15 is 0 Å². The van der Waals surface area contributed by atoms with Crippen molar-refractivity contribution < 1.29 is 0 Å². The SMILES string of the molecule is BrCc1cnc(C2CCC2)nc1C1CC1. The predicted molar refractivity (Wildman–Crippen MR) is 63.2 cm³/mol. The molecule has 2 aliphatic carbocycles. The fraction of sp³-hybridized carbons (Fsp3) is 0.667. The van der Waals surface area contributed by atoms with Crippen molar-refractivity contribution in [2.75, 3.05) is 0 Å². The minimum Gasteiger partial charge on any atom is -0.241 e. The maximum Gasteiger partial charge on any atom is 0.131 e. The maximum absolute atomic E-state index is 4.79. The molecular weight excluding hydrogens is 252 g/mol. The van der Waals surface area contributed by atoms with Crippen LogP contribution >= 0.6 is 15.9 Å². The van der Waals surface area contributed by atoms with Gasteiger partial charge in [-0.1, -0.05) is 22.4 Å². The molecule has 0 aliphatic heterocycles. The Hall–Kier alpha value is -0.440. The van der Waals surface area contributed by atoms with Crippen molar-refractivity contribution in [1.29, 1.82) is 0 Å². The molecule has 2 fully saturated rings. The van der Waals surface area contributed by atoms with E-state index in [2.05, 4.69) is 20.9 Å². The first kappa shape index (κ1) is 9.76. The van der Waals surface area contributed by atoms with Crippen LogP contribution in [0.1, 0.15) is 61.0 Å². The summed E-state index contributed by atoms with van der Waals surface area (Å²) in [6.07, 6.45) is 8.60. The van der Waals surface area contributed by atoms with E-state index in [0.717, 1.165) is 17.1 Å². The molecule has 0 saturated heterocycles. The van der Waals surface area contributed by atoms with Crippen molar-refractivity contribution in [2.45, 2.75) is 49.3 Å². The van der Waals surface area contributed by atoms with Crippen LogP contribution in [0.15, 0.2) is 6.20 Å². The fourth-order valence-electron chi connectivity index (χ4n) is 2.11. The third-order valence-corrected chi connectivity index (χ3v) is 4.10. The smallest absolute Gasteiger partial charge is 0.131 e. The highest BCUT2D eigenvalue weighted by Crippen LogP contribution is 2.42. The van der Waals surface area contributed by atoms with Crippen LogP contribution in [0.25, 0.3) is 0 Å². The summed E-state index contributed by atoms with van der Waals surface area (Å²) in [5.41, 5.74) is 2.62. The number of rotatable bonds is 3. The van der Waals surface area contributed by atoms with Gasteiger partial charge in [0.05, 0.1) is 5.69 Å². The number of halogens is 1. The van der Waals surface area contributed by atoms with Crippen LogP contribution in [0.2, 0.25) is 0 Å². The quantitative estimate of drug-likeness (QED) is 0.783. The Bertz CT molecular complexity index is 370. The second-order valence-corrected chi connectivity index (χ2v) is 5.24. The molecule has 0 radical (unpaired) electrons. The van der Waals surface area contributed by atoms with Gasteiger partial charge in [-0.25, -0.2) is 9.97 Å². The average Bonchev–Trinajstić information content (AvgIpc) is 2.98. The van der Waals surface area contributed by atoms with Gasteiger partial charge in [0.15, 0.2) is 0 Å². The summed E-state index contributed by atoms with van der Waals surface area (Å²) in [4.78, 5) is 9.29. The molecule has 0 aromatic carbocycles. The monoisotopic (exact) mass is 266 g/mol. The van der Waals surface area contributed by atoms with Crippen molar-refractivity contribution in [1.82, 2.24) is 9.97 Å². The Morgan fingerprint density at radius 3 is 2.53 bits per heavy atom. The largest absolute Gasteiger partial charge is 0.241 e. The van der Waals surface area contributed by atoms with Crippen LogP contribution in [0.4, 0.5) is 0 Å². The minimum absolute atomic E-state index is 0.659. The van der Waals surface area contributed by atoms with Crippen molar-refractivity contribution in [3.8, 4) is 0 Å². The molecular formula is C12H15BrN2. The Morgan fingerprint density at radius 2 is 2.00 bits per heavy atom. The van der Waals surface area contributed by atoms with Crippen LogP contribution < -0.4 is 0 Å². The summed E-state index contributed by atoms with van der Waals surface area (Å²) in [6, 6.07) is 0. The van der Waals surface area contributed by atoms with Gasteiger partial charge in [-0.05, 0) is 25.7 Å². The molecule has 0 amide bonds. The van der Waals surface area contributed by atoms with Crippen LogP contribution in [0.3, 0.4) is 0 Å². The summed E-state index contributed by atoms with van der Waals surface area (Å²) in [5.74, 6) is 2.50. The third kappa shape index (κ3) is 1.82. The van der Waals surface area contributed by atoms with Crippen LogP contribution in [0.5, 0.6) is 0 Å². The first-order valence-electron chi connectivity index (χ1n) is 5.80. The molecule has 15 heavy (non-hydrogen) atoms. The molecule has 0 unspecified atom stereocenters. The number of nitrogens with zero attached hydrogens (tertiary/aromatic N) is 2. The van der Waals surface area contributed by atoms with E-state index in [9.17, 15) is 0 Å². The number of alkyl halides is 1. The molecule has 2 aliphatic rings. The van der Waals surface area contributed by atoms with Gasteiger partial charge in [0, 0.05) is 28.9 Å². The maximum atomic E-state index is 4.79. The van der Waals surface area contributed by atoms with Crippen molar-refractivity contribution >= 4 is 15.9 Å². The molecule has 2 nitrogen and oxygen atoms in total. The second-order valence-electron chi connectivity index (χ2n) is 4.67. The Labute approximate surface area is 98.6 Å². The highest BCUT2D eigenvalue weighted by molar-refractivity contribution is 9.08. The second kappa shape index (κ2) is 3.85. The van der Waals surface area contributed by atoms with E-state index in [0.29, 0.717) is 5.92 Å². The van der Waals surface area contributed by atoms with Gasteiger partial charge in [0.25, 0.3) is 0 Å². The van der Waals surface area contributed by atoms with Gasteiger partial charge < -0.3 is 0 Å². The van der Waals surface area contributed by atoms with Gasteiger partial charge in [-0.2, -0.15) is 0 Å². The van der Waals surface area contributed by atoms with Gasteiger partial charge in [0.1, 0.15) is 5.82 Å². The van der Waals surface area contributed by atoms with Crippen molar-refractivity contribution in [3.05, 3.63) is 23.3 Å². The molecule has 2 saturated carbocycles.